The van der Waals surface area contributed by atoms with Crippen molar-refractivity contribution in [1.82, 2.24) is 4.90 Å². The van der Waals surface area contributed by atoms with Crippen molar-refractivity contribution in [2.24, 2.45) is 0 Å². The number of hydrogen-bond acceptors (Lipinski definition) is 3. The highest BCUT2D eigenvalue weighted by molar-refractivity contribution is 6.21. The van der Waals surface area contributed by atoms with Crippen LogP contribution in [-0.4, -0.2) is 22.6 Å². The summed E-state index contributed by atoms with van der Waals surface area (Å²) < 4.78 is 13.9. The highest BCUT2D eigenvalue weighted by atomic mass is 19.1. The molecule has 0 unspecified atom stereocenters. The zero-order valence-electron chi connectivity index (χ0n) is 15.6. The topological polar surface area (TPSA) is 66.5 Å². The number of nitrogens with zero attached hydrogens (tertiary/aromatic N) is 1. The van der Waals surface area contributed by atoms with Gasteiger partial charge in [0, 0.05) is 5.56 Å². The number of aryl methyl sites for hydroxylation is 1. The number of carbonyl (C=O) groups is 3. The summed E-state index contributed by atoms with van der Waals surface area (Å²) in [4.78, 5) is 38.8. The average molecular weight is 388 g/mol. The summed E-state index contributed by atoms with van der Waals surface area (Å²) in [5, 5.41) is 2.56. The summed E-state index contributed by atoms with van der Waals surface area (Å²) in [6, 6.07) is 17.7. The van der Waals surface area contributed by atoms with E-state index >= 15 is 0 Å². The van der Waals surface area contributed by atoms with Crippen LogP contribution in [0.1, 0.15) is 42.2 Å². The molecule has 0 fully saturated rings. The van der Waals surface area contributed by atoms with Crippen LogP contribution in [0.2, 0.25) is 0 Å². The molecular formula is C23H17FN2O3. The van der Waals surface area contributed by atoms with Gasteiger partial charge in [-0.3, -0.25) is 19.3 Å². The Labute approximate surface area is 166 Å². The second kappa shape index (κ2) is 7.31. The molecule has 4 rings (SSSR count). The minimum absolute atomic E-state index is 0.0479. The highest BCUT2D eigenvalue weighted by Crippen LogP contribution is 2.24. The van der Waals surface area contributed by atoms with Crippen molar-refractivity contribution < 1.29 is 18.8 Å². The lowest BCUT2D eigenvalue weighted by atomic mass is 10.1. The van der Waals surface area contributed by atoms with E-state index in [-0.39, 0.29) is 24.0 Å². The molecule has 5 nitrogen and oxygen atoms in total. The minimum Gasteiger partial charge on any atom is -0.319 e. The third-order valence-corrected chi connectivity index (χ3v) is 4.78. The van der Waals surface area contributed by atoms with Crippen molar-refractivity contribution >= 4 is 23.4 Å². The Hall–Kier alpha value is -3.80. The fraction of sp³-hybridized carbons (Fsp3) is 0.0870. The highest BCUT2D eigenvalue weighted by Gasteiger charge is 2.34. The van der Waals surface area contributed by atoms with Crippen LogP contribution in [0.3, 0.4) is 0 Å². The number of benzene rings is 3. The monoisotopic (exact) mass is 388 g/mol. The molecule has 0 atom stereocenters. The molecule has 3 aromatic rings. The summed E-state index contributed by atoms with van der Waals surface area (Å²) in [6.45, 7) is 1.85. The second-order valence-electron chi connectivity index (χ2n) is 6.88. The first-order valence-corrected chi connectivity index (χ1v) is 9.06. The number of rotatable bonds is 4. The first-order valence-electron chi connectivity index (χ1n) is 9.06. The fourth-order valence-electron chi connectivity index (χ4n) is 3.31. The van der Waals surface area contributed by atoms with Gasteiger partial charge in [0.15, 0.2) is 0 Å². The van der Waals surface area contributed by atoms with Crippen LogP contribution in [-0.2, 0) is 6.54 Å². The molecule has 1 aliphatic rings. The molecule has 1 aliphatic heterocycles. The number of hydrogen-bond donors (Lipinski definition) is 1. The molecule has 0 radical (unpaired) electrons. The number of carbonyl (C=O) groups excluding carboxylic acids is 3. The van der Waals surface area contributed by atoms with Crippen molar-refractivity contribution in [3.05, 3.63) is 100 Å². The number of nitrogens with one attached hydrogen (secondary N) is 1. The van der Waals surface area contributed by atoms with Crippen molar-refractivity contribution in [3.63, 3.8) is 0 Å². The molecule has 0 bridgehead atoms. The Morgan fingerprint density at radius 2 is 1.62 bits per heavy atom. The summed E-state index contributed by atoms with van der Waals surface area (Å²) >= 11 is 0. The summed E-state index contributed by atoms with van der Waals surface area (Å²) in [5.41, 5.74) is 2.60. The van der Waals surface area contributed by atoms with E-state index in [1.54, 1.807) is 67.6 Å². The maximum Gasteiger partial charge on any atom is 0.261 e. The van der Waals surface area contributed by atoms with Crippen LogP contribution in [0, 0.1) is 12.7 Å². The molecule has 1 heterocycles. The van der Waals surface area contributed by atoms with E-state index in [2.05, 4.69) is 5.32 Å². The van der Waals surface area contributed by atoms with Gasteiger partial charge >= 0.3 is 0 Å². The van der Waals surface area contributed by atoms with E-state index in [1.165, 1.54) is 6.07 Å². The normalized spacial score (nSPS) is 12.8. The van der Waals surface area contributed by atoms with Crippen LogP contribution in [0.15, 0.2) is 66.7 Å². The van der Waals surface area contributed by atoms with E-state index < -0.39 is 11.7 Å². The van der Waals surface area contributed by atoms with Crippen LogP contribution in [0.25, 0.3) is 0 Å². The van der Waals surface area contributed by atoms with Gasteiger partial charge in [0.05, 0.1) is 23.4 Å². The lowest BCUT2D eigenvalue weighted by molar-refractivity contribution is 0.0642. The summed E-state index contributed by atoms with van der Waals surface area (Å²) in [7, 11) is 0. The molecule has 1 N–H and O–H groups in total. The molecule has 0 saturated carbocycles. The smallest absolute Gasteiger partial charge is 0.261 e. The van der Waals surface area contributed by atoms with Crippen LogP contribution in [0.4, 0.5) is 10.1 Å². The molecule has 29 heavy (non-hydrogen) atoms. The first kappa shape index (κ1) is 18.6. The van der Waals surface area contributed by atoms with Gasteiger partial charge in [-0.2, -0.15) is 0 Å². The molecule has 0 aromatic heterocycles. The molecule has 0 saturated heterocycles. The summed E-state index contributed by atoms with van der Waals surface area (Å²) in [5.74, 6) is -1.71. The first-order chi connectivity index (χ1) is 13.9. The average Bonchev–Trinajstić information content (AvgIpc) is 2.96. The van der Waals surface area contributed by atoms with Gasteiger partial charge in [-0.15, -0.1) is 0 Å². The molecular weight excluding hydrogens is 371 g/mol. The van der Waals surface area contributed by atoms with Gasteiger partial charge in [-0.1, -0.05) is 30.3 Å². The van der Waals surface area contributed by atoms with Crippen LogP contribution in [0.5, 0.6) is 0 Å². The van der Waals surface area contributed by atoms with Crippen molar-refractivity contribution in [1.29, 1.82) is 0 Å². The number of amides is 3. The lowest BCUT2D eigenvalue weighted by Gasteiger charge is -2.14. The zero-order chi connectivity index (χ0) is 20.5. The standard InChI is InChI=1S/C23H17FN2O3/c1-14-9-10-19(24)20(11-14)25-21(27)16-6-4-5-15(12-16)13-26-22(28)17-7-2-3-8-18(17)23(26)29/h2-12H,13H2,1H3,(H,25,27). The maximum atomic E-state index is 13.9. The van der Waals surface area contributed by atoms with Crippen molar-refractivity contribution in [2.45, 2.75) is 13.5 Å². The van der Waals surface area contributed by atoms with Gasteiger partial charge < -0.3 is 5.32 Å². The largest absolute Gasteiger partial charge is 0.319 e. The molecule has 0 spiro atoms. The number of halogens is 1. The molecule has 144 valence electrons. The van der Waals surface area contributed by atoms with Crippen LogP contribution >= 0.6 is 0 Å². The quantitative estimate of drug-likeness (QED) is 0.682. The fourth-order valence-corrected chi connectivity index (χ4v) is 3.31. The predicted octanol–water partition coefficient (Wildman–Crippen LogP) is 4.18. The SMILES string of the molecule is Cc1ccc(F)c(NC(=O)c2cccc(CN3C(=O)c4ccccc4C3=O)c2)c1. The van der Waals surface area contributed by atoms with E-state index in [9.17, 15) is 18.8 Å². The van der Waals surface area contributed by atoms with E-state index in [0.717, 1.165) is 10.5 Å². The van der Waals surface area contributed by atoms with E-state index in [0.29, 0.717) is 22.3 Å². The minimum atomic E-state index is -0.522. The second-order valence-corrected chi connectivity index (χ2v) is 6.88. The third-order valence-electron chi connectivity index (χ3n) is 4.78. The Balaban J connectivity index is 1.54. The maximum absolute atomic E-state index is 13.9. The molecule has 3 aromatic carbocycles. The van der Waals surface area contributed by atoms with E-state index in [1.807, 2.05) is 0 Å². The third kappa shape index (κ3) is 3.52. The van der Waals surface area contributed by atoms with Gasteiger partial charge in [-0.05, 0) is 54.4 Å². The predicted molar refractivity (Wildman–Crippen MR) is 106 cm³/mol. The van der Waals surface area contributed by atoms with Crippen molar-refractivity contribution in [3.8, 4) is 0 Å². The van der Waals surface area contributed by atoms with E-state index in [4.69, 9.17) is 0 Å². The lowest BCUT2D eigenvalue weighted by Crippen LogP contribution is -2.29. The van der Waals surface area contributed by atoms with Gasteiger partial charge in [-0.25, -0.2) is 4.39 Å². The number of imide groups is 1. The molecule has 3 amide bonds. The zero-order valence-corrected chi connectivity index (χ0v) is 15.6. The molecule has 6 heteroatoms. The Morgan fingerprint density at radius 1 is 0.931 bits per heavy atom. The Morgan fingerprint density at radius 3 is 2.31 bits per heavy atom. The van der Waals surface area contributed by atoms with Crippen LogP contribution < -0.4 is 5.32 Å². The number of fused-ring (bicyclic) bond motifs is 1. The Kier molecular flexibility index (Phi) is 4.68. The Bertz CT molecular complexity index is 1120. The van der Waals surface area contributed by atoms with Gasteiger partial charge in [0.2, 0.25) is 0 Å². The van der Waals surface area contributed by atoms with Gasteiger partial charge in [0.25, 0.3) is 17.7 Å². The van der Waals surface area contributed by atoms with Crippen molar-refractivity contribution in [2.75, 3.05) is 5.32 Å². The number of anilines is 1. The van der Waals surface area contributed by atoms with Gasteiger partial charge in [0.1, 0.15) is 5.82 Å². The summed E-state index contributed by atoms with van der Waals surface area (Å²) in [6.07, 6.45) is 0. The molecule has 0 aliphatic carbocycles.